The number of nitrogens with zero attached hydrogens (tertiary/aromatic N) is 2. The summed E-state index contributed by atoms with van der Waals surface area (Å²) in [6, 6.07) is 15.3. The maximum Gasteiger partial charge on any atom is 0.286 e. The number of H-pyrrole nitrogens is 1. The zero-order valence-corrected chi connectivity index (χ0v) is 24.3. The summed E-state index contributed by atoms with van der Waals surface area (Å²) in [4.78, 5) is 30.3. The molecule has 4 aromatic rings. The number of aliphatic hydroxyl groups is 1. The number of allylic oxidation sites excluding steroid dienone is 1. The number of carbonyl (C=O) groups excluding carboxylic acids is 1. The van der Waals surface area contributed by atoms with Gasteiger partial charge in [0.15, 0.2) is 5.76 Å². The van der Waals surface area contributed by atoms with E-state index >= 15 is 0 Å². The summed E-state index contributed by atoms with van der Waals surface area (Å²) in [5.74, 6) is 0.157. The second kappa shape index (κ2) is 13.1. The average molecular weight is 575 g/mol. The van der Waals surface area contributed by atoms with E-state index in [1.165, 1.54) is 0 Å². The molecular formula is C32H38N4O6. The molecule has 2 aromatic carbocycles. The van der Waals surface area contributed by atoms with Crippen molar-refractivity contribution in [3.05, 3.63) is 93.7 Å². The number of fused-ring (bicyclic) bond motifs is 1. The van der Waals surface area contributed by atoms with E-state index in [2.05, 4.69) is 10.3 Å². The molecule has 3 heterocycles. The number of amides is 1. The van der Waals surface area contributed by atoms with Crippen molar-refractivity contribution < 1.29 is 24.1 Å². The van der Waals surface area contributed by atoms with Crippen LogP contribution in [0.3, 0.4) is 0 Å². The Morgan fingerprint density at radius 2 is 2.00 bits per heavy atom. The number of rotatable bonds is 12. The Hall–Kier alpha value is -4.28. The highest BCUT2D eigenvalue weighted by Gasteiger charge is 2.33. The predicted molar refractivity (Wildman–Crippen MR) is 160 cm³/mol. The minimum absolute atomic E-state index is 0.0799. The molecule has 42 heavy (non-hydrogen) atoms. The Balaban J connectivity index is 1.36. The molecule has 2 aromatic heterocycles. The van der Waals surface area contributed by atoms with Crippen molar-refractivity contribution in [2.45, 2.75) is 44.8 Å². The van der Waals surface area contributed by atoms with Crippen molar-refractivity contribution in [2.75, 3.05) is 26.9 Å². The molecule has 1 amide bonds. The molecule has 5 rings (SSSR count). The highest BCUT2D eigenvalue weighted by molar-refractivity contribution is 5.92. The predicted octanol–water partition coefficient (Wildman–Crippen LogP) is 3.84. The van der Waals surface area contributed by atoms with Gasteiger partial charge < -0.3 is 29.6 Å². The molecule has 2 atom stereocenters. The molecule has 3 N–H and O–H groups in total. The summed E-state index contributed by atoms with van der Waals surface area (Å²) < 4.78 is 20.8. The minimum Gasteiger partial charge on any atom is -0.497 e. The van der Waals surface area contributed by atoms with Crippen LogP contribution in [-0.2, 0) is 27.7 Å². The van der Waals surface area contributed by atoms with Gasteiger partial charge in [-0.2, -0.15) is 0 Å². The van der Waals surface area contributed by atoms with Crippen molar-refractivity contribution in [3.63, 3.8) is 0 Å². The average Bonchev–Trinajstić information content (AvgIpc) is 3.51. The Morgan fingerprint density at radius 1 is 1.19 bits per heavy atom. The summed E-state index contributed by atoms with van der Waals surface area (Å²) in [7, 11) is 3.49. The fourth-order valence-electron chi connectivity index (χ4n) is 5.45. The van der Waals surface area contributed by atoms with Gasteiger partial charge in [-0.05, 0) is 68.2 Å². The standard InChI is InChI=1S/C32H38N4O6/c1-21-30(32(39)36(35(21)2)24-9-5-4-6-10-24)23-17-28(42-29(18-23)41-16-8-7-15-37)31(38)33-14-13-22-20-34-27-12-11-25(40-3)19-26(22)27/h4-6,9-12,17,19-20,23,29,34,37H,7-8,13-16,18H2,1-3H3,(H,33,38)/t23-,29+/m1/s1. The molecule has 0 aliphatic carbocycles. The van der Waals surface area contributed by atoms with E-state index in [0.29, 0.717) is 44.4 Å². The number of carbonyl (C=O) groups is 1. The van der Waals surface area contributed by atoms with Gasteiger partial charge in [0.1, 0.15) is 5.75 Å². The first-order valence-electron chi connectivity index (χ1n) is 14.3. The third-order valence-corrected chi connectivity index (χ3v) is 7.76. The van der Waals surface area contributed by atoms with Crippen LogP contribution in [0.5, 0.6) is 5.75 Å². The van der Waals surface area contributed by atoms with E-state index in [1.807, 2.05) is 73.4 Å². The van der Waals surface area contributed by atoms with Gasteiger partial charge >= 0.3 is 0 Å². The minimum atomic E-state index is -0.704. The van der Waals surface area contributed by atoms with Gasteiger partial charge in [-0.3, -0.25) is 14.3 Å². The maximum atomic E-state index is 13.7. The molecule has 0 saturated heterocycles. The summed E-state index contributed by atoms with van der Waals surface area (Å²) in [6.45, 7) is 2.75. The molecule has 222 valence electrons. The summed E-state index contributed by atoms with van der Waals surface area (Å²) in [5, 5.41) is 13.1. The smallest absolute Gasteiger partial charge is 0.286 e. The number of aliphatic hydroxyl groups excluding tert-OH is 1. The number of methoxy groups -OCH3 is 1. The number of aromatic amines is 1. The quantitative estimate of drug-likeness (QED) is 0.221. The first-order chi connectivity index (χ1) is 20.4. The third kappa shape index (κ3) is 6.14. The molecule has 1 aliphatic rings. The van der Waals surface area contributed by atoms with Gasteiger partial charge in [0, 0.05) is 60.9 Å². The number of ether oxygens (including phenoxy) is 3. The van der Waals surface area contributed by atoms with E-state index in [9.17, 15) is 9.59 Å². The van der Waals surface area contributed by atoms with Gasteiger partial charge in [-0.15, -0.1) is 0 Å². The molecule has 0 radical (unpaired) electrons. The zero-order chi connectivity index (χ0) is 29.6. The summed E-state index contributed by atoms with van der Waals surface area (Å²) in [5.41, 5.74) is 4.09. The van der Waals surface area contributed by atoms with Crippen molar-refractivity contribution >= 4 is 16.8 Å². The summed E-state index contributed by atoms with van der Waals surface area (Å²) >= 11 is 0. The third-order valence-electron chi connectivity index (χ3n) is 7.76. The second-order valence-electron chi connectivity index (χ2n) is 10.4. The molecule has 0 saturated carbocycles. The lowest BCUT2D eigenvalue weighted by molar-refractivity contribution is -0.146. The number of aromatic nitrogens is 3. The van der Waals surface area contributed by atoms with E-state index in [0.717, 1.165) is 33.6 Å². The molecule has 0 spiro atoms. The number of nitrogens with one attached hydrogen (secondary N) is 2. The highest BCUT2D eigenvalue weighted by atomic mass is 16.7. The molecule has 0 fully saturated rings. The highest BCUT2D eigenvalue weighted by Crippen LogP contribution is 2.32. The Bertz CT molecular complexity index is 1620. The molecular weight excluding hydrogens is 536 g/mol. The van der Waals surface area contributed by atoms with Gasteiger partial charge in [0.2, 0.25) is 6.29 Å². The van der Waals surface area contributed by atoms with Crippen molar-refractivity contribution in [3.8, 4) is 11.4 Å². The second-order valence-corrected chi connectivity index (χ2v) is 10.4. The largest absolute Gasteiger partial charge is 0.497 e. The van der Waals surface area contributed by atoms with Crippen LogP contribution in [0.4, 0.5) is 0 Å². The Morgan fingerprint density at radius 3 is 2.76 bits per heavy atom. The molecule has 0 bridgehead atoms. The van der Waals surface area contributed by atoms with Gasteiger partial charge in [0.25, 0.3) is 11.5 Å². The number of benzene rings is 2. The van der Waals surface area contributed by atoms with Gasteiger partial charge in [-0.1, -0.05) is 18.2 Å². The molecule has 10 heteroatoms. The lowest BCUT2D eigenvalue weighted by atomic mass is 9.93. The fraction of sp³-hybridized carbons (Fsp3) is 0.375. The zero-order valence-electron chi connectivity index (χ0n) is 24.3. The lowest BCUT2D eigenvalue weighted by Gasteiger charge is -2.29. The molecule has 10 nitrogen and oxygen atoms in total. The van der Waals surface area contributed by atoms with Crippen LogP contribution in [0.15, 0.2) is 71.4 Å². The van der Waals surface area contributed by atoms with Gasteiger partial charge in [0.05, 0.1) is 19.4 Å². The molecule has 1 aliphatic heterocycles. The van der Waals surface area contributed by atoms with Crippen LogP contribution >= 0.6 is 0 Å². The summed E-state index contributed by atoms with van der Waals surface area (Å²) in [6.07, 6.45) is 5.24. The number of unbranched alkanes of at least 4 members (excludes halogenated alkanes) is 1. The fourth-order valence-corrected chi connectivity index (χ4v) is 5.45. The first kappa shape index (κ1) is 29.2. The van der Waals surface area contributed by atoms with Crippen LogP contribution < -0.4 is 15.6 Å². The van der Waals surface area contributed by atoms with Crippen LogP contribution in [0.2, 0.25) is 0 Å². The van der Waals surface area contributed by atoms with Crippen molar-refractivity contribution in [1.29, 1.82) is 0 Å². The SMILES string of the molecule is COc1ccc2[nH]cc(CCNC(=O)C3=C[C@@H](c4c(C)n(C)n(-c5ccccc5)c4=O)C[C@@H](OCCCCO)O3)c2c1. The van der Waals surface area contributed by atoms with E-state index in [4.69, 9.17) is 19.3 Å². The van der Waals surface area contributed by atoms with E-state index < -0.39 is 6.29 Å². The van der Waals surface area contributed by atoms with E-state index in [1.54, 1.807) is 17.9 Å². The number of para-hydroxylation sites is 1. The normalized spacial score (nSPS) is 16.7. The Labute approximate surface area is 244 Å². The topological polar surface area (TPSA) is 120 Å². The Kier molecular flexibility index (Phi) is 9.14. The van der Waals surface area contributed by atoms with Crippen LogP contribution in [-0.4, -0.2) is 58.5 Å². The maximum absolute atomic E-state index is 13.7. The van der Waals surface area contributed by atoms with Crippen LogP contribution in [0.1, 0.15) is 42.0 Å². The van der Waals surface area contributed by atoms with Crippen molar-refractivity contribution in [1.82, 2.24) is 19.7 Å². The number of hydrogen-bond acceptors (Lipinski definition) is 6. The monoisotopic (exact) mass is 574 g/mol. The van der Waals surface area contributed by atoms with E-state index in [-0.39, 0.29) is 29.8 Å². The van der Waals surface area contributed by atoms with Crippen LogP contribution in [0.25, 0.3) is 16.6 Å². The molecule has 0 unspecified atom stereocenters. The first-order valence-corrected chi connectivity index (χ1v) is 14.3. The number of hydrogen-bond donors (Lipinski definition) is 3. The van der Waals surface area contributed by atoms with Crippen LogP contribution in [0, 0.1) is 6.92 Å². The lowest BCUT2D eigenvalue weighted by Crippen LogP contribution is -2.34. The van der Waals surface area contributed by atoms with Crippen molar-refractivity contribution in [2.24, 2.45) is 7.05 Å². The van der Waals surface area contributed by atoms with Gasteiger partial charge in [-0.25, -0.2) is 4.68 Å².